The summed E-state index contributed by atoms with van der Waals surface area (Å²) in [6.07, 6.45) is -0.674. The van der Waals surface area contributed by atoms with E-state index < -0.39 is 6.23 Å². The van der Waals surface area contributed by atoms with Gasteiger partial charge in [-0.15, -0.1) is 0 Å². The Balaban J connectivity index is 2.05. The molecule has 1 amide bonds. The third-order valence-corrected chi connectivity index (χ3v) is 3.66. The van der Waals surface area contributed by atoms with Crippen LogP contribution < -0.4 is 24.3 Å². The summed E-state index contributed by atoms with van der Waals surface area (Å²) >= 11 is 0. The molecule has 120 valence electrons. The van der Waals surface area contributed by atoms with Crippen LogP contribution in [-0.4, -0.2) is 27.2 Å². The molecule has 2 aromatic carbocycles. The Morgan fingerprint density at radius 3 is 2.39 bits per heavy atom. The standard InChI is InChI=1S/C17H17NO5/c1-20-13-9-8-11(14(21-2)15(13)22-3)17-18-16(19)10-6-4-5-7-12(10)23-17/h4-9,17H,1-3H3,(H,18,19)/t17-/m0/s1. The number of fused-ring (bicyclic) bond motifs is 1. The molecule has 6 heteroatoms. The van der Waals surface area contributed by atoms with Crippen molar-refractivity contribution in [2.45, 2.75) is 6.23 Å². The van der Waals surface area contributed by atoms with E-state index in [0.717, 1.165) is 0 Å². The number of carbonyl (C=O) groups excluding carboxylic acids is 1. The lowest BCUT2D eigenvalue weighted by atomic mass is 10.1. The largest absolute Gasteiger partial charge is 0.493 e. The third-order valence-electron chi connectivity index (χ3n) is 3.66. The second-order valence-corrected chi connectivity index (χ2v) is 4.89. The van der Waals surface area contributed by atoms with Gasteiger partial charge in [0, 0.05) is 0 Å². The van der Waals surface area contributed by atoms with Crippen LogP contribution in [0.15, 0.2) is 36.4 Å². The molecule has 1 aliphatic heterocycles. The Kier molecular flexibility index (Phi) is 3.97. The maximum Gasteiger partial charge on any atom is 0.258 e. The number of nitrogens with one attached hydrogen (secondary N) is 1. The van der Waals surface area contributed by atoms with E-state index in [4.69, 9.17) is 18.9 Å². The molecule has 23 heavy (non-hydrogen) atoms. The van der Waals surface area contributed by atoms with Gasteiger partial charge in [0.25, 0.3) is 5.91 Å². The van der Waals surface area contributed by atoms with Gasteiger partial charge in [0.05, 0.1) is 32.5 Å². The van der Waals surface area contributed by atoms with E-state index in [1.54, 1.807) is 37.4 Å². The van der Waals surface area contributed by atoms with Crippen LogP contribution in [0.2, 0.25) is 0 Å². The van der Waals surface area contributed by atoms with Crippen LogP contribution in [0.3, 0.4) is 0 Å². The van der Waals surface area contributed by atoms with E-state index in [1.807, 2.05) is 6.07 Å². The van der Waals surface area contributed by atoms with Crippen LogP contribution in [0, 0.1) is 0 Å². The summed E-state index contributed by atoms with van der Waals surface area (Å²) in [5.74, 6) is 1.77. The average molecular weight is 315 g/mol. The Morgan fingerprint density at radius 2 is 1.70 bits per heavy atom. The van der Waals surface area contributed by atoms with Gasteiger partial charge >= 0.3 is 0 Å². The lowest BCUT2D eigenvalue weighted by molar-refractivity contribution is 0.0750. The molecule has 1 aliphatic rings. The number of hydrogen-bond donors (Lipinski definition) is 1. The van der Waals surface area contributed by atoms with Gasteiger partial charge in [0.1, 0.15) is 5.75 Å². The normalized spacial score (nSPS) is 16.0. The Hall–Kier alpha value is -2.89. The highest BCUT2D eigenvalue weighted by molar-refractivity contribution is 5.98. The molecule has 0 aromatic heterocycles. The first-order valence-corrected chi connectivity index (χ1v) is 7.05. The monoisotopic (exact) mass is 315 g/mol. The van der Waals surface area contributed by atoms with Crippen molar-refractivity contribution in [2.24, 2.45) is 0 Å². The third kappa shape index (κ3) is 2.52. The number of ether oxygens (including phenoxy) is 4. The predicted octanol–water partition coefficient (Wildman–Crippen LogP) is 2.53. The van der Waals surface area contributed by atoms with Crippen molar-refractivity contribution in [1.29, 1.82) is 0 Å². The second-order valence-electron chi connectivity index (χ2n) is 4.89. The molecule has 1 atom stereocenters. The van der Waals surface area contributed by atoms with Gasteiger partial charge in [-0.05, 0) is 24.3 Å². The van der Waals surface area contributed by atoms with E-state index >= 15 is 0 Å². The highest BCUT2D eigenvalue weighted by Gasteiger charge is 2.30. The van der Waals surface area contributed by atoms with Crippen molar-refractivity contribution >= 4 is 5.91 Å². The Morgan fingerprint density at radius 1 is 0.957 bits per heavy atom. The topological polar surface area (TPSA) is 66.0 Å². The lowest BCUT2D eigenvalue weighted by Gasteiger charge is -2.28. The first kappa shape index (κ1) is 15.0. The zero-order chi connectivity index (χ0) is 16.4. The number of methoxy groups -OCH3 is 3. The van der Waals surface area contributed by atoms with Crippen LogP contribution in [0.4, 0.5) is 0 Å². The second kappa shape index (κ2) is 6.08. The molecule has 1 heterocycles. The van der Waals surface area contributed by atoms with Gasteiger partial charge in [0.2, 0.25) is 12.0 Å². The van der Waals surface area contributed by atoms with Crippen molar-refractivity contribution in [3.05, 3.63) is 47.5 Å². The van der Waals surface area contributed by atoms with Gasteiger partial charge in [-0.3, -0.25) is 4.79 Å². The minimum absolute atomic E-state index is 0.200. The summed E-state index contributed by atoms with van der Waals surface area (Å²) in [7, 11) is 4.60. The molecule has 0 bridgehead atoms. The molecule has 0 spiro atoms. The highest BCUT2D eigenvalue weighted by atomic mass is 16.5. The first-order chi connectivity index (χ1) is 11.2. The highest BCUT2D eigenvalue weighted by Crippen LogP contribution is 2.43. The Bertz CT molecular complexity index is 744. The molecule has 6 nitrogen and oxygen atoms in total. The first-order valence-electron chi connectivity index (χ1n) is 7.05. The van der Waals surface area contributed by atoms with Crippen molar-refractivity contribution in [3.63, 3.8) is 0 Å². The minimum atomic E-state index is -0.674. The number of benzene rings is 2. The van der Waals surface area contributed by atoms with E-state index in [-0.39, 0.29) is 5.91 Å². The van der Waals surface area contributed by atoms with Crippen molar-refractivity contribution < 1.29 is 23.7 Å². The summed E-state index contributed by atoms with van der Waals surface area (Å²) < 4.78 is 22.0. The fraction of sp³-hybridized carbons (Fsp3) is 0.235. The zero-order valence-electron chi connectivity index (χ0n) is 13.1. The fourth-order valence-electron chi connectivity index (χ4n) is 2.58. The quantitative estimate of drug-likeness (QED) is 0.939. The van der Waals surface area contributed by atoms with Crippen LogP contribution in [0.25, 0.3) is 0 Å². The molecular formula is C17H17NO5. The number of para-hydroxylation sites is 1. The SMILES string of the molecule is COc1ccc([C@H]2NC(=O)c3ccccc3O2)c(OC)c1OC. The van der Waals surface area contributed by atoms with Crippen molar-refractivity contribution in [2.75, 3.05) is 21.3 Å². The van der Waals surface area contributed by atoms with Crippen LogP contribution in [-0.2, 0) is 0 Å². The summed E-state index contributed by atoms with van der Waals surface area (Å²) in [6, 6.07) is 10.6. The molecule has 0 fully saturated rings. The molecule has 0 saturated heterocycles. The number of rotatable bonds is 4. The molecule has 0 radical (unpaired) electrons. The average Bonchev–Trinajstić information content (AvgIpc) is 2.60. The fourth-order valence-corrected chi connectivity index (χ4v) is 2.58. The predicted molar refractivity (Wildman–Crippen MR) is 83.4 cm³/mol. The molecule has 0 saturated carbocycles. The maximum atomic E-state index is 12.3. The molecule has 2 aromatic rings. The van der Waals surface area contributed by atoms with E-state index in [0.29, 0.717) is 34.1 Å². The molecule has 1 N–H and O–H groups in total. The van der Waals surface area contributed by atoms with E-state index in [1.165, 1.54) is 14.2 Å². The van der Waals surface area contributed by atoms with Crippen molar-refractivity contribution in [3.8, 4) is 23.0 Å². The molecular weight excluding hydrogens is 298 g/mol. The van der Waals surface area contributed by atoms with Gasteiger partial charge in [-0.25, -0.2) is 0 Å². The molecule has 0 aliphatic carbocycles. The van der Waals surface area contributed by atoms with Crippen LogP contribution in [0.5, 0.6) is 23.0 Å². The minimum Gasteiger partial charge on any atom is -0.493 e. The summed E-state index contributed by atoms with van der Waals surface area (Å²) in [5.41, 5.74) is 1.15. The number of amides is 1. The van der Waals surface area contributed by atoms with Gasteiger partial charge < -0.3 is 24.3 Å². The van der Waals surface area contributed by atoms with E-state index in [9.17, 15) is 4.79 Å². The van der Waals surface area contributed by atoms with Crippen LogP contribution in [0.1, 0.15) is 22.1 Å². The van der Waals surface area contributed by atoms with Crippen LogP contribution >= 0.6 is 0 Å². The zero-order valence-corrected chi connectivity index (χ0v) is 13.1. The number of hydrogen-bond acceptors (Lipinski definition) is 5. The lowest BCUT2D eigenvalue weighted by Crippen LogP contribution is -2.37. The Labute approximate surface area is 133 Å². The molecule has 3 rings (SSSR count). The van der Waals surface area contributed by atoms with Crippen molar-refractivity contribution in [1.82, 2.24) is 5.32 Å². The number of carbonyl (C=O) groups is 1. The summed E-state index contributed by atoms with van der Waals surface area (Å²) in [4.78, 5) is 12.3. The van der Waals surface area contributed by atoms with E-state index in [2.05, 4.69) is 5.32 Å². The van der Waals surface area contributed by atoms with Gasteiger partial charge in [-0.1, -0.05) is 12.1 Å². The smallest absolute Gasteiger partial charge is 0.258 e. The molecule has 0 unspecified atom stereocenters. The summed E-state index contributed by atoms with van der Waals surface area (Å²) in [5, 5.41) is 2.81. The van der Waals surface area contributed by atoms with Gasteiger partial charge in [-0.2, -0.15) is 0 Å². The summed E-state index contributed by atoms with van der Waals surface area (Å²) in [6.45, 7) is 0. The maximum absolute atomic E-state index is 12.3. The van der Waals surface area contributed by atoms with Gasteiger partial charge in [0.15, 0.2) is 11.5 Å².